The number of benzene rings is 1. The first kappa shape index (κ1) is 25.0. The van der Waals surface area contributed by atoms with Gasteiger partial charge in [0.1, 0.15) is 5.75 Å². The minimum atomic E-state index is 0. The number of hydrogen-bond donors (Lipinski definition) is 2. The van der Waals surface area contributed by atoms with Crippen LogP contribution in [0.15, 0.2) is 29.3 Å². The van der Waals surface area contributed by atoms with Gasteiger partial charge in [-0.15, -0.1) is 24.0 Å². The highest BCUT2D eigenvalue weighted by Gasteiger charge is 2.08. The van der Waals surface area contributed by atoms with Crippen LogP contribution in [0.2, 0.25) is 0 Å². The van der Waals surface area contributed by atoms with Crippen LogP contribution < -0.4 is 15.4 Å². The van der Waals surface area contributed by atoms with Crippen molar-refractivity contribution in [2.24, 2.45) is 10.9 Å². The predicted molar refractivity (Wildman–Crippen MR) is 123 cm³/mol. The van der Waals surface area contributed by atoms with Crippen molar-refractivity contribution in [1.29, 1.82) is 0 Å². The molecule has 26 heavy (non-hydrogen) atoms. The first-order valence-electron chi connectivity index (χ1n) is 9.33. The van der Waals surface area contributed by atoms with Crippen molar-refractivity contribution >= 4 is 29.9 Å². The average molecular weight is 476 g/mol. The van der Waals surface area contributed by atoms with Gasteiger partial charge in [0, 0.05) is 19.1 Å². The van der Waals surface area contributed by atoms with Gasteiger partial charge in [-0.2, -0.15) is 0 Å². The van der Waals surface area contributed by atoms with Gasteiger partial charge < -0.3 is 20.3 Å². The van der Waals surface area contributed by atoms with Crippen molar-refractivity contribution in [2.75, 3.05) is 33.8 Å². The minimum Gasteiger partial charge on any atom is -0.494 e. The predicted octanol–water partition coefficient (Wildman–Crippen LogP) is 3.73. The monoisotopic (exact) mass is 476 g/mol. The van der Waals surface area contributed by atoms with E-state index in [0.717, 1.165) is 37.8 Å². The minimum absolute atomic E-state index is 0. The normalized spacial score (nSPS) is 12.7. The Morgan fingerprint density at radius 1 is 1.15 bits per heavy atom. The highest BCUT2D eigenvalue weighted by Crippen LogP contribution is 2.13. The Bertz CT molecular complexity index is 503. The summed E-state index contributed by atoms with van der Waals surface area (Å²) in [6.07, 6.45) is 1.03. The molecule has 0 saturated heterocycles. The molecule has 0 aromatic heterocycles. The summed E-state index contributed by atoms with van der Waals surface area (Å²) in [5.74, 6) is 2.35. The molecule has 5 nitrogen and oxygen atoms in total. The zero-order valence-electron chi connectivity index (χ0n) is 17.2. The molecule has 6 heteroatoms. The van der Waals surface area contributed by atoms with Crippen molar-refractivity contribution in [3.8, 4) is 5.75 Å². The summed E-state index contributed by atoms with van der Waals surface area (Å²) in [6, 6.07) is 8.60. The standard InChI is InChI=1S/C20H36N4O.HI/c1-7-21-20(23-17(4)16(2)3)22-15-18-9-11-19(12-10-18)25-14-8-13-24(5)6;/h9-12,16-17H,7-8,13-15H2,1-6H3,(H2,21,22,23);1H. The molecule has 0 aliphatic carbocycles. The van der Waals surface area contributed by atoms with E-state index in [-0.39, 0.29) is 24.0 Å². The lowest BCUT2D eigenvalue weighted by atomic mass is 10.1. The quantitative estimate of drug-likeness (QED) is 0.234. The van der Waals surface area contributed by atoms with E-state index < -0.39 is 0 Å². The highest BCUT2D eigenvalue weighted by molar-refractivity contribution is 14.0. The number of nitrogens with zero attached hydrogens (tertiary/aromatic N) is 2. The fourth-order valence-electron chi connectivity index (χ4n) is 2.13. The Hall–Kier alpha value is -1.02. The molecular formula is C20H37IN4O. The van der Waals surface area contributed by atoms with Gasteiger partial charge in [-0.05, 0) is 58.0 Å². The molecule has 0 fully saturated rings. The molecule has 1 rings (SSSR count). The van der Waals surface area contributed by atoms with Gasteiger partial charge in [-0.3, -0.25) is 0 Å². The van der Waals surface area contributed by atoms with Gasteiger partial charge in [0.15, 0.2) is 5.96 Å². The maximum Gasteiger partial charge on any atom is 0.191 e. The lowest BCUT2D eigenvalue weighted by Gasteiger charge is -2.20. The second-order valence-corrected chi connectivity index (χ2v) is 7.02. The summed E-state index contributed by atoms with van der Waals surface area (Å²) in [7, 11) is 4.15. The summed E-state index contributed by atoms with van der Waals surface area (Å²) in [4.78, 5) is 6.85. The third-order valence-corrected chi connectivity index (χ3v) is 4.07. The Kier molecular flexibility index (Phi) is 13.5. The van der Waals surface area contributed by atoms with E-state index in [2.05, 4.69) is 74.4 Å². The van der Waals surface area contributed by atoms with Gasteiger partial charge in [-0.1, -0.05) is 26.0 Å². The molecule has 1 unspecified atom stereocenters. The third-order valence-electron chi connectivity index (χ3n) is 4.07. The molecular weight excluding hydrogens is 439 g/mol. The van der Waals surface area contributed by atoms with Crippen molar-refractivity contribution in [3.63, 3.8) is 0 Å². The smallest absolute Gasteiger partial charge is 0.191 e. The van der Waals surface area contributed by atoms with Gasteiger partial charge in [0.05, 0.1) is 13.2 Å². The van der Waals surface area contributed by atoms with E-state index >= 15 is 0 Å². The van der Waals surface area contributed by atoms with Crippen LogP contribution in [-0.4, -0.2) is 50.7 Å². The first-order valence-corrected chi connectivity index (χ1v) is 9.33. The van der Waals surface area contributed by atoms with E-state index in [0.29, 0.717) is 18.5 Å². The Morgan fingerprint density at radius 3 is 2.35 bits per heavy atom. The zero-order valence-corrected chi connectivity index (χ0v) is 19.5. The Balaban J connectivity index is 0.00000625. The molecule has 0 amide bonds. The average Bonchev–Trinajstić information content (AvgIpc) is 2.57. The van der Waals surface area contributed by atoms with Crippen LogP contribution in [0.3, 0.4) is 0 Å². The number of rotatable bonds is 10. The van der Waals surface area contributed by atoms with Crippen LogP contribution in [0.4, 0.5) is 0 Å². The Morgan fingerprint density at radius 2 is 1.81 bits per heavy atom. The second-order valence-electron chi connectivity index (χ2n) is 7.02. The van der Waals surface area contributed by atoms with Crippen LogP contribution in [0.25, 0.3) is 0 Å². The summed E-state index contributed by atoms with van der Waals surface area (Å²) in [5, 5.41) is 6.76. The lowest BCUT2D eigenvalue weighted by molar-refractivity contribution is 0.281. The molecule has 150 valence electrons. The summed E-state index contributed by atoms with van der Waals surface area (Å²) in [6.45, 7) is 12.0. The van der Waals surface area contributed by atoms with E-state index in [1.807, 2.05) is 12.1 Å². The molecule has 1 atom stereocenters. The highest BCUT2D eigenvalue weighted by atomic mass is 127. The van der Waals surface area contributed by atoms with E-state index in [1.165, 1.54) is 5.56 Å². The van der Waals surface area contributed by atoms with Crippen molar-refractivity contribution < 1.29 is 4.74 Å². The number of guanidine groups is 1. The van der Waals surface area contributed by atoms with Crippen LogP contribution in [0.5, 0.6) is 5.75 Å². The molecule has 2 N–H and O–H groups in total. The van der Waals surface area contributed by atoms with Crippen LogP contribution in [-0.2, 0) is 6.54 Å². The zero-order chi connectivity index (χ0) is 18.7. The van der Waals surface area contributed by atoms with Gasteiger partial charge in [-0.25, -0.2) is 4.99 Å². The van der Waals surface area contributed by atoms with Crippen LogP contribution in [0, 0.1) is 5.92 Å². The van der Waals surface area contributed by atoms with E-state index in [1.54, 1.807) is 0 Å². The van der Waals surface area contributed by atoms with Crippen LogP contribution >= 0.6 is 24.0 Å². The Labute approximate surface area is 177 Å². The third kappa shape index (κ3) is 10.9. The van der Waals surface area contributed by atoms with Crippen molar-refractivity contribution in [1.82, 2.24) is 15.5 Å². The number of hydrogen-bond acceptors (Lipinski definition) is 3. The van der Waals surface area contributed by atoms with E-state index in [4.69, 9.17) is 4.74 Å². The van der Waals surface area contributed by atoms with Crippen molar-refractivity contribution in [3.05, 3.63) is 29.8 Å². The molecule has 0 radical (unpaired) electrons. The number of nitrogens with one attached hydrogen (secondary N) is 2. The number of ether oxygens (including phenoxy) is 1. The summed E-state index contributed by atoms with van der Waals surface area (Å²) >= 11 is 0. The number of halogens is 1. The summed E-state index contributed by atoms with van der Waals surface area (Å²) in [5.41, 5.74) is 1.18. The SMILES string of the molecule is CCNC(=NCc1ccc(OCCCN(C)C)cc1)NC(C)C(C)C.I. The molecule has 0 saturated carbocycles. The largest absolute Gasteiger partial charge is 0.494 e. The second kappa shape index (κ2) is 14.1. The maximum atomic E-state index is 5.77. The van der Waals surface area contributed by atoms with Crippen molar-refractivity contribution in [2.45, 2.75) is 46.7 Å². The topological polar surface area (TPSA) is 48.9 Å². The summed E-state index contributed by atoms with van der Waals surface area (Å²) < 4.78 is 5.77. The fourth-order valence-corrected chi connectivity index (χ4v) is 2.13. The number of aliphatic imine (C=N–C) groups is 1. The lowest BCUT2D eigenvalue weighted by Crippen LogP contribution is -2.44. The molecule has 0 aliphatic heterocycles. The van der Waals surface area contributed by atoms with Gasteiger partial charge in [0.25, 0.3) is 0 Å². The fraction of sp³-hybridized carbons (Fsp3) is 0.650. The van der Waals surface area contributed by atoms with Gasteiger partial charge in [0.2, 0.25) is 0 Å². The molecule has 0 heterocycles. The molecule has 0 spiro atoms. The maximum absolute atomic E-state index is 5.77. The van der Waals surface area contributed by atoms with E-state index in [9.17, 15) is 0 Å². The molecule has 0 bridgehead atoms. The van der Waals surface area contributed by atoms with Crippen LogP contribution in [0.1, 0.15) is 39.7 Å². The molecule has 1 aromatic rings. The molecule has 0 aliphatic rings. The first-order chi connectivity index (χ1) is 11.9. The van der Waals surface area contributed by atoms with Gasteiger partial charge >= 0.3 is 0 Å². The molecule has 1 aromatic carbocycles.